The van der Waals surface area contributed by atoms with E-state index in [-0.39, 0.29) is 6.04 Å². The molecule has 86 valence electrons. The third kappa shape index (κ3) is 1.96. The molecule has 16 heavy (non-hydrogen) atoms. The zero-order chi connectivity index (χ0) is 11.5. The second kappa shape index (κ2) is 4.43. The molecule has 4 heteroatoms. The van der Waals surface area contributed by atoms with Crippen molar-refractivity contribution in [2.24, 2.45) is 0 Å². The second-order valence-corrected chi connectivity index (χ2v) is 3.95. The van der Waals surface area contributed by atoms with Crippen LogP contribution < -0.4 is 5.32 Å². The van der Waals surface area contributed by atoms with E-state index in [0.29, 0.717) is 0 Å². The van der Waals surface area contributed by atoms with Crippen LogP contribution in [-0.4, -0.2) is 10.2 Å². The average Bonchev–Trinajstić information content (AvgIpc) is 2.89. The maximum Gasteiger partial charge on any atom is 0.151 e. The number of nitrogens with one attached hydrogen (secondary N) is 2. The monoisotopic (exact) mass is 219 g/mol. The van der Waals surface area contributed by atoms with E-state index in [1.807, 2.05) is 6.07 Å². The number of aromatic amines is 1. The molecule has 0 spiro atoms. The molecule has 4 nitrogen and oxygen atoms in total. The minimum absolute atomic E-state index is 0.199. The number of rotatable bonds is 4. The van der Waals surface area contributed by atoms with Crippen LogP contribution in [0.5, 0.6) is 0 Å². The van der Waals surface area contributed by atoms with Crippen molar-refractivity contribution in [3.05, 3.63) is 35.4 Å². The summed E-state index contributed by atoms with van der Waals surface area (Å²) in [5, 5.41) is 10.7. The summed E-state index contributed by atoms with van der Waals surface area (Å²) in [6.07, 6.45) is 4.41. The summed E-state index contributed by atoms with van der Waals surface area (Å²) in [4.78, 5) is 0. The van der Waals surface area contributed by atoms with E-state index < -0.39 is 0 Å². The summed E-state index contributed by atoms with van der Waals surface area (Å²) >= 11 is 0. The first-order valence-electron chi connectivity index (χ1n) is 5.54. The van der Waals surface area contributed by atoms with Crippen molar-refractivity contribution in [3.63, 3.8) is 0 Å². The number of hydrogen-bond acceptors (Lipinski definition) is 3. The van der Waals surface area contributed by atoms with E-state index in [1.54, 1.807) is 12.5 Å². The SMILES string of the molecule is CCc1[nH]nc(NC(C)c2ccoc2)c1C. The van der Waals surface area contributed by atoms with Crippen molar-refractivity contribution in [2.75, 3.05) is 5.32 Å². The highest BCUT2D eigenvalue weighted by Gasteiger charge is 2.11. The van der Waals surface area contributed by atoms with Gasteiger partial charge in [0.2, 0.25) is 0 Å². The fourth-order valence-electron chi connectivity index (χ4n) is 1.73. The summed E-state index contributed by atoms with van der Waals surface area (Å²) in [7, 11) is 0. The number of anilines is 1. The molecule has 0 amide bonds. The van der Waals surface area contributed by atoms with Crippen LogP contribution in [0.15, 0.2) is 23.0 Å². The van der Waals surface area contributed by atoms with Crippen molar-refractivity contribution >= 4 is 5.82 Å². The molecular weight excluding hydrogens is 202 g/mol. The first-order chi connectivity index (χ1) is 7.72. The molecule has 0 aliphatic carbocycles. The maximum atomic E-state index is 5.06. The van der Waals surface area contributed by atoms with Gasteiger partial charge in [-0.15, -0.1) is 0 Å². The fourth-order valence-corrected chi connectivity index (χ4v) is 1.73. The van der Waals surface area contributed by atoms with Crippen LogP contribution in [0, 0.1) is 6.92 Å². The van der Waals surface area contributed by atoms with Gasteiger partial charge in [-0.1, -0.05) is 6.92 Å². The van der Waals surface area contributed by atoms with Crippen LogP contribution in [0.25, 0.3) is 0 Å². The highest BCUT2D eigenvalue weighted by atomic mass is 16.3. The zero-order valence-electron chi connectivity index (χ0n) is 9.87. The van der Waals surface area contributed by atoms with Crippen molar-refractivity contribution in [2.45, 2.75) is 33.2 Å². The lowest BCUT2D eigenvalue weighted by Gasteiger charge is -2.11. The molecule has 0 saturated carbocycles. The van der Waals surface area contributed by atoms with Crippen molar-refractivity contribution in [1.82, 2.24) is 10.2 Å². The van der Waals surface area contributed by atoms with Gasteiger partial charge in [0.25, 0.3) is 0 Å². The highest BCUT2D eigenvalue weighted by molar-refractivity contribution is 5.47. The predicted molar refractivity (Wildman–Crippen MR) is 63.4 cm³/mol. The Bertz CT molecular complexity index is 445. The van der Waals surface area contributed by atoms with Crippen LogP contribution in [0.1, 0.15) is 36.7 Å². The number of nitrogens with zero attached hydrogens (tertiary/aromatic N) is 1. The van der Waals surface area contributed by atoms with Gasteiger partial charge in [-0.25, -0.2) is 0 Å². The normalized spacial score (nSPS) is 12.7. The first-order valence-corrected chi connectivity index (χ1v) is 5.54. The molecule has 0 bridgehead atoms. The first kappa shape index (κ1) is 10.8. The second-order valence-electron chi connectivity index (χ2n) is 3.95. The molecule has 0 aliphatic heterocycles. The summed E-state index contributed by atoms with van der Waals surface area (Å²) in [5.74, 6) is 0.922. The van der Waals surface area contributed by atoms with Gasteiger partial charge in [0.05, 0.1) is 18.6 Å². The number of H-pyrrole nitrogens is 1. The Hall–Kier alpha value is -1.71. The molecule has 0 aromatic carbocycles. The summed E-state index contributed by atoms with van der Waals surface area (Å²) in [6.45, 7) is 6.28. The Morgan fingerprint density at radius 2 is 2.38 bits per heavy atom. The summed E-state index contributed by atoms with van der Waals surface area (Å²) in [6, 6.07) is 2.16. The Balaban J connectivity index is 2.12. The van der Waals surface area contributed by atoms with Gasteiger partial charge in [-0.3, -0.25) is 5.10 Å². The molecule has 2 aromatic heterocycles. The van der Waals surface area contributed by atoms with Gasteiger partial charge < -0.3 is 9.73 Å². The van der Waals surface area contributed by atoms with Crippen LogP contribution in [0.2, 0.25) is 0 Å². The number of furan rings is 1. The van der Waals surface area contributed by atoms with Gasteiger partial charge in [0.15, 0.2) is 5.82 Å². The molecule has 2 N–H and O–H groups in total. The summed E-state index contributed by atoms with van der Waals surface area (Å²) in [5.41, 5.74) is 3.50. The van der Waals surface area contributed by atoms with Crippen molar-refractivity contribution < 1.29 is 4.42 Å². The molecule has 1 unspecified atom stereocenters. The van der Waals surface area contributed by atoms with Crippen molar-refractivity contribution in [3.8, 4) is 0 Å². The Kier molecular flexibility index (Phi) is 2.99. The van der Waals surface area contributed by atoms with Crippen molar-refractivity contribution in [1.29, 1.82) is 0 Å². The lowest BCUT2D eigenvalue weighted by Crippen LogP contribution is -2.06. The topological polar surface area (TPSA) is 53.9 Å². The fraction of sp³-hybridized carbons (Fsp3) is 0.417. The molecule has 2 aromatic rings. The highest BCUT2D eigenvalue weighted by Crippen LogP contribution is 2.22. The maximum absolute atomic E-state index is 5.06. The minimum atomic E-state index is 0.199. The number of aromatic nitrogens is 2. The third-order valence-electron chi connectivity index (χ3n) is 2.86. The predicted octanol–water partition coefficient (Wildman–Crippen LogP) is 3.05. The van der Waals surface area contributed by atoms with E-state index in [0.717, 1.165) is 17.8 Å². The lowest BCUT2D eigenvalue weighted by atomic mass is 10.1. The zero-order valence-corrected chi connectivity index (χ0v) is 9.87. The van der Waals surface area contributed by atoms with Gasteiger partial charge in [-0.2, -0.15) is 5.10 Å². The Labute approximate surface area is 95.1 Å². The molecule has 2 rings (SSSR count). The van der Waals surface area contributed by atoms with E-state index in [4.69, 9.17) is 4.42 Å². The Morgan fingerprint density at radius 1 is 1.56 bits per heavy atom. The molecular formula is C12H17N3O. The summed E-state index contributed by atoms with van der Waals surface area (Å²) < 4.78 is 5.06. The van der Waals surface area contributed by atoms with Gasteiger partial charge >= 0.3 is 0 Å². The molecule has 0 radical (unpaired) electrons. The largest absolute Gasteiger partial charge is 0.472 e. The molecule has 0 fully saturated rings. The quantitative estimate of drug-likeness (QED) is 0.831. The van der Waals surface area contributed by atoms with Crippen LogP contribution in [-0.2, 0) is 6.42 Å². The molecule has 0 saturated heterocycles. The molecule has 1 atom stereocenters. The number of hydrogen-bond donors (Lipinski definition) is 2. The number of aryl methyl sites for hydroxylation is 1. The van der Waals surface area contributed by atoms with Crippen LogP contribution in [0.4, 0.5) is 5.82 Å². The van der Waals surface area contributed by atoms with E-state index in [2.05, 4.69) is 36.3 Å². The standard InChI is InChI=1S/C12H17N3O/c1-4-11-8(2)12(15-14-11)13-9(3)10-5-6-16-7-10/h5-7,9H,4H2,1-3H3,(H2,13,14,15). The van der Waals surface area contributed by atoms with Crippen LogP contribution >= 0.6 is 0 Å². The van der Waals surface area contributed by atoms with E-state index in [9.17, 15) is 0 Å². The third-order valence-corrected chi connectivity index (χ3v) is 2.86. The van der Waals surface area contributed by atoms with Crippen LogP contribution in [0.3, 0.4) is 0 Å². The average molecular weight is 219 g/mol. The van der Waals surface area contributed by atoms with E-state index >= 15 is 0 Å². The Morgan fingerprint density at radius 3 is 2.94 bits per heavy atom. The van der Waals surface area contributed by atoms with Gasteiger partial charge in [0, 0.05) is 16.8 Å². The lowest BCUT2D eigenvalue weighted by molar-refractivity contribution is 0.562. The van der Waals surface area contributed by atoms with Gasteiger partial charge in [-0.05, 0) is 26.3 Å². The molecule has 2 heterocycles. The molecule has 0 aliphatic rings. The smallest absolute Gasteiger partial charge is 0.151 e. The van der Waals surface area contributed by atoms with E-state index in [1.165, 1.54) is 11.3 Å². The minimum Gasteiger partial charge on any atom is -0.472 e. The van der Waals surface area contributed by atoms with Gasteiger partial charge in [0.1, 0.15) is 0 Å².